The smallest absolute Gasteiger partial charge is 0.450 e. The Bertz CT molecular complexity index is 147. The van der Waals surface area contributed by atoms with Gasteiger partial charge in [0.1, 0.15) is 0 Å². The third-order valence-electron chi connectivity index (χ3n) is 2.03. The molecule has 0 aromatic heterocycles. The Morgan fingerprint density at radius 1 is 1.36 bits per heavy atom. The number of ether oxygens (including phenoxy) is 2. The predicted molar refractivity (Wildman–Crippen MR) is 53.5 cm³/mol. The highest BCUT2D eigenvalue weighted by atomic mass is 16.7. The van der Waals surface area contributed by atoms with Gasteiger partial charge in [0.2, 0.25) is 0 Å². The van der Waals surface area contributed by atoms with Crippen LogP contribution < -0.4 is 0 Å². The fourth-order valence-corrected chi connectivity index (χ4v) is 1.17. The van der Waals surface area contributed by atoms with E-state index < -0.39 is 6.16 Å². The van der Waals surface area contributed by atoms with Crippen LogP contribution in [-0.2, 0) is 9.47 Å². The van der Waals surface area contributed by atoms with Gasteiger partial charge in [-0.25, -0.2) is 4.79 Å². The Balaban J connectivity index is 3.19. The minimum absolute atomic E-state index is 0.297. The summed E-state index contributed by atoms with van der Waals surface area (Å²) in [5, 5.41) is 8.23. The summed E-state index contributed by atoms with van der Waals surface area (Å²) < 4.78 is 9.63. The lowest BCUT2D eigenvalue weighted by Gasteiger charge is -2.10. The molecule has 0 fully saturated rings. The standard InChI is InChI=1S/C10H20O4/c1-3-13-7-4-5-9(2)6-8-14-10(11)12/h9H,3-8H2,1-2H3,(H,11,12). The molecular formula is C10H20O4. The van der Waals surface area contributed by atoms with Crippen molar-refractivity contribution in [3.05, 3.63) is 0 Å². The highest BCUT2D eigenvalue weighted by Crippen LogP contribution is 2.10. The zero-order chi connectivity index (χ0) is 10.8. The van der Waals surface area contributed by atoms with Crippen molar-refractivity contribution in [1.29, 1.82) is 0 Å². The number of hydrogen-bond donors (Lipinski definition) is 1. The molecule has 0 aliphatic carbocycles. The molecule has 0 radical (unpaired) electrons. The first-order chi connectivity index (χ1) is 6.66. The largest absolute Gasteiger partial charge is 0.505 e. The van der Waals surface area contributed by atoms with Crippen LogP contribution >= 0.6 is 0 Å². The summed E-state index contributed by atoms with van der Waals surface area (Å²) in [6, 6.07) is 0. The van der Waals surface area contributed by atoms with Crippen LogP contribution in [0.1, 0.15) is 33.1 Å². The number of hydrogen-bond acceptors (Lipinski definition) is 3. The molecular weight excluding hydrogens is 184 g/mol. The van der Waals surface area contributed by atoms with Crippen molar-refractivity contribution in [2.24, 2.45) is 5.92 Å². The molecule has 0 saturated carbocycles. The van der Waals surface area contributed by atoms with Crippen molar-refractivity contribution >= 4 is 6.16 Å². The van der Waals surface area contributed by atoms with Gasteiger partial charge in [0.05, 0.1) is 6.61 Å². The van der Waals surface area contributed by atoms with Gasteiger partial charge in [0.15, 0.2) is 0 Å². The van der Waals surface area contributed by atoms with E-state index in [9.17, 15) is 4.79 Å². The van der Waals surface area contributed by atoms with Gasteiger partial charge in [-0.2, -0.15) is 0 Å². The van der Waals surface area contributed by atoms with E-state index in [2.05, 4.69) is 11.7 Å². The monoisotopic (exact) mass is 204 g/mol. The first kappa shape index (κ1) is 13.2. The molecule has 0 aromatic rings. The van der Waals surface area contributed by atoms with E-state index >= 15 is 0 Å². The molecule has 0 saturated heterocycles. The molecule has 0 heterocycles. The average Bonchev–Trinajstić information content (AvgIpc) is 2.12. The zero-order valence-corrected chi connectivity index (χ0v) is 8.99. The fraction of sp³-hybridized carbons (Fsp3) is 0.900. The Labute approximate surface area is 85.2 Å². The number of carbonyl (C=O) groups is 1. The first-order valence-corrected chi connectivity index (χ1v) is 5.10. The Morgan fingerprint density at radius 2 is 2.07 bits per heavy atom. The second kappa shape index (κ2) is 8.81. The molecule has 84 valence electrons. The van der Waals surface area contributed by atoms with Crippen molar-refractivity contribution in [3.63, 3.8) is 0 Å². The summed E-state index contributed by atoms with van der Waals surface area (Å²) in [4.78, 5) is 10.0. The molecule has 4 heteroatoms. The van der Waals surface area contributed by atoms with Gasteiger partial charge in [-0.05, 0) is 32.1 Å². The predicted octanol–water partition coefficient (Wildman–Crippen LogP) is 2.52. The molecule has 1 N–H and O–H groups in total. The molecule has 0 aromatic carbocycles. The molecule has 14 heavy (non-hydrogen) atoms. The van der Waals surface area contributed by atoms with E-state index in [1.54, 1.807) is 0 Å². The third kappa shape index (κ3) is 9.32. The van der Waals surface area contributed by atoms with Gasteiger partial charge >= 0.3 is 6.16 Å². The van der Waals surface area contributed by atoms with E-state index in [1.807, 2.05) is 6.92 Å². The molecule has 0 aliphatic heterocycles. The van der Waals surface area contributed by atoms with Crippen LogP contribution in [0.4, 0.5) is 4.79 Å². The second-order valence-corrected chi connectivity index (χ2v) is 3.35. The van der Waals surface area contributed by atoms with Crippen molar-refractivity contribution < 1.29 is 19.4 Å². The average molecular weight is 204 g/mol. The maximum Gasteiger partial charge on any atom is 0.505 e. The molecule has 1 atom stereocenters. The van der Waals surface area contributed by atoms with Crippen molar-refractivity contribution in [3.8, 4) is 0 Å². The van der Waals surface area contributed by atoms with Crippen molar-refractivity contribution in [2.45, 2.75) is 33.1 Å². The van der Waals surface area contributed by atoms with Gasteiger partial charge in [-0.1, -0.05) is 6.92 Å². The molecule has 0 amide bonds. The third-order valence-corrected chi connectivity index (χ3v) is 2.03. The molecule has 0 rings (SSSR count). The highest BCUT2D eigenvalue weighted by Gasteiger charge is 2.03. The Kier molecular flexibility index (Phi) is 8.33. The lowest BCUT2D eigenvalue weighted by molar-refractivity contribution is 0.0854. The lowest BCUT2D eigenvalue weighted by Crippen LogP contribution is -2.07. The van der Waals surface area contributed by atoms with Crippen LogP contribution in [0.15, 0.2) is 0 Å². The Morgan fingerprint density at radius 3 is 2.64 bits per heavy atom. The van der Waals surface area contributed by atoms with Gasteiger partial charge in [-0.15, -0.1) is 0 Å². The molecule has 1 unspecified atom stereocenters. The Hall–Kier alpha value is -0.770. The molecule has 0 bridgehead atoms. The maximum absolute atomic E-state index is 10.0. The normalized spacial score (nSPS) is 12.4. The van der Waals surface area contributed by atoms with E-state index in [1.165, 1.54) is 0 Å². The quantitative estimate of drug-likeness (QED) is 0.487. The summed E-state index contributed by atoms with van der Waals surface area (Å²) in [7, 11) is 0. The van der Waals surface area contributed by atoms with Crippen LogP contribution in [0.3, 0.4) is 0 Å². The summed E-state index contributed by atoms with van der Waals surface area (Å²) in [6.45, 7) is 5.92. The van der Waals surface area contributed by atoms with Crippen LogP contribution in [-0.4, -0.2) is 31.1 Å². The van der Waals surface area contributed by atoms with Gasteiger partial charge in [0.25, 0.3) is 0 Å². The van der Waals surface area contributed by atoms with Crippen molar-refractivity contribution in [1.82, 2.24) is 0 Å². The molecule has 4 nitrogen and oxygen atoms in total. The summed E-state index contributed by atoms with van der Waals surface area (Å²) in [5.41, 5.74) is 0. The van der Waals surface area contributed by atoms with E-state index in [-0.39, 0.29) is 0 Å². The van der Waals surface area contributed by atoms with Crippen LogP contribution in [0.25, 0.3) is 0 Å². The number of carboxylic acid groups (broad SMARTS) is 1. The van der Waals surface area contributed by atoms with Gasteiger partial charge in [0, 0.05) is 13.2 Å². The summed E-state index contributed by atoms with van der Waals surface area (Å²) >= 11 is 0. The minimum atomic E-state index is -1.19. The summed E-state index contributed by atoms with van der Waals surface area (Å²) in [6.07, 6.45) is 1.69. The molecule has 0 aliphatic rings. The minimum Gasteiger partial charge on any atom is -0.450 e. The first-order valence-electron chi connectivity index (χ1n) is 5.10. The highest BCUT2D eigenvalue weighted by molar-refractivity contribution is 5.56. The van der Waals surface area contributed by atoms with Gasteiger partial charge in [-0.3, -0.25) is 0 Å². The van der Waals surface area contributed by atoms with Crippen LogP contribution in [0.5, 0.6) is 0 Å². The SMILES string of the molecule is CCOCCCC(C)CCOC(=O)O. The van der Waals surface area contributed by atoms with E-state index in [4.69, 9.17) is 9.84 Å². The van der Waals surface area contributed by atoms with Crippen LogP contribution in [0, 0.1) is 5.92 Å². The molecule has 0 spiro atoms. The van der Waals surface area contributed by atoms with Crippen molar-refractivity contribution in [2.75, 3.05) is 19.8 Å². The van der Waals surface area contributed by atoms with E-state index in [0.29, 0.717) is 12.5 Å². The number of rotatable bonds is 8. The van der Waals surface area contributed by atoms with Gasteiger partial charge < -0.3 is 14.6 Å². The fourth-order valence-electron chi connectivity index (χ4n) is 1.17. The maximum atomic E-state index is 10.0. The van der Waals surface area contributed by atoms with E-state index in [0.717, 1.165) is 32.5 Å². The zero-order valence-electron chi connectivity index (χ0n) is 8.99. The van der Waals surface area contributed by atoms with Crippen LogP contribution in [0.2, 0.25) is 0 Å². The topological polar surface area (TPSA) is 55.8 Å². The lowest BCUT2D eigenvalue weighted by atomic mass is 10.0. The second-order valence-electron chi connectivity index (χ2n) is 3.35. The summed E-state index contributed by atoms with van der Waals surface area (Å²) in [5.74, 6) is 0.495.